The number of benzene rings is 1. The molecule has 6 nitrogen and oxygen atoms in total. The van der Waals surface area contributed by atoms with Crippen LogP contribution in [0.25, 0.3) is 0 Å². The van der Waals surface area contributed by atoms with E-state index in [2.05, 4.69) is 33.6 Å². The number of carbonyl (C=O) groups is 1. The molecule has 1 N–H and O–H groups in total. The lowest BCUT2D eigenvalue weighted by atomic mass is 10.2. The van der Waals surface area contributed by atoms with Crippen molar-refractivity contribution >= 4 is 6.03 Å². The Labute approximate surface area is 160 Å². The van der Waals surface area contributed by atoms with Crippen molar-refractivity contribution in [3.05, 3.63) is 53.9 Å². The summed E-state index contributed by atoms with van der Waals surface area (Å²) in [7, 11) is 0. The van der Waals surface area contributed by atoms with E-state index in [9.17, 15) is 9.18 Å². The highest BCUT2D eigenvalue weighted by atomic mass is 19.1. The zero-order valence-electron chi connectivity index (χ0n) is 16.1. The van der Waals surface area contributed by atoms with Crippen LogP contribution < -0.4 is 5.32 Å². The summed E-state index contributed by atoms with van der Waals surface area (Å²) in [6.07, 6.45) is 3.62. The van der Waals surface area contributed by atoms with E-state index in [1.807, 2.05) is 29.6 Å². The van der Waals surface area contributed by atoms with Gasteiger partial charge in [0.1, 0.15) is 5.82 Å². The predicted molar refractivity (Wildman–Crippen MR) is 103 cm³/mol. The van der Waals surface area contributed by atoms with E-state index in [1.54, 1.807) is 0 Å². The van der Waals surface area contributed by atoms with Crippen molar-refractivity contribution < 1.29 is 9.18 Å². The quantitative estimate of drug-likeness (QED) is 0.847. The predicted octanol–water partition coefficient (Wildman–Crippen LogP) is 2.71. The van der Waals surface area contributed by atoms with Gasteiger partial charge in [0.25, 0.3) is 0 Å². The van der Waals surface area contributed by atoms with Crippen molar-refractivity contribution in [3.8, 4) is 0 Å². The molecule has 1 fully saturated rings. The molecule has 0 saturated carbocycles. The lowest BCUT2D eigenvalue weighted by Crippen LogP contribution is -2.51. The van der Waals surface area contributed by atoms with Crippen LogP contribution in [0.15, 0.2) is 36.8 Å². The van der Waals surface area contributed by atoms with E-state index in [-0.39, 0.29) is 11.8 Å². The highest BCUT2D eigenvalue weighted by Crippen LogP contribution is 2.10. The number of hydrogen-bond acceptors (Lipinski definition) is 3. The number of aromatic nitrogens is 2. The van der Waals surface area contributed by atoms with Crippen molar-refractivity contribution in [3.63, 3.8) is 0 Å². The lowest BCUT2D eigenvalue weighted by Gasteiger charge is -2.34. The largest absolute Gasteiger partial charge is 0.333 e. The van der Waals surface area contributed by atoms with Crippen LogP contribution in [-0.4, -0.2) is 51.6 Å². The van der Waals surface area contributed by atoms with E-state index < -0.39 is 0 Å². The molecule has 0 atom stereocenters. The number of imidazole rings is 1. The third kappa shape index (κ3) is 5.53. The zero-order chi connectivity index (χ0) is 19.2. The summed E-state index contributed by atoms with van der Waals surface area (Å²) in [6, 6.07) is 6.57. The molecule has 0 unspecified atom stereocenters. The average Bonchev–Trinajstić information content (AvgIpc) is 3.08. The smallest absolute Gasteiger partial charge is 0.317 e. The van der Waals surface area contributed by atoms with Gasteiger partial charge in [-0.05, 0) is 23.6 Å². The molecular formula is C20H28FN5O. The number of carbonyl (C=O) groups excluding carboxylic acids is 1. The van der Waals surface area contributed by atoms with Gasteiger partial charge in [0.2, 0.25) is 0 Å². The number of halogens is 1. The molecule has 0 bridgehead atoms. The maximum Gasteiger partial charge on any atom is 0.317 e. The van der Waals surface area contributed by atoms with Gasteiger partial charge in [0.05, 0.1) is 18.6 Å². The third-order valence-electron chi connectivity index (χ3n) is 4.76. The van der Waals surface area contributed by atoms with Gasteiger partial charge >= 0.3 is 6.03 Å². The molecule has 146 valence electrons. The number of urea groups is 1. The molecule has 1 aromatic carbocycles. The van der Waals surface area contributed by atoms with Crippen molar-refractivity contribution in [2.24, 2.45) is 5.92 Å². The average molecular weight is 373 g/mol. The van der Waals surface area contributed by atoms with E-state index in [1.165, 1.54) is 12.1 Å². The fourth-order valence-electron chi connectivity index (χ4n) is 3.29. The normalized spacial score (nSPS) is 15.3. The molecule has 0 spiro atoms. The van der Waals surface area contributed by atoms with Crippen LogP contribution in [0.4, 0.5) is 9.18 Å². The van der Waals surface area contributed by atoms with Crippen LogP contribution in [0, 0.1) is 11.7 Å². The number of nitrogens with one attached hydrogen (secondary N) is 1. The second-order valence-electron chi connectivity index (χ2n) is 7.48. The van der Waals surface area contributed by atoms with E-state index >= 15 is 0 Å². The Morgan fingerprint density at radius 2 is 1.89 bits per heavy atom. The summed E-state index contributed by atoms with van der Waals surface area (Å²) >= 11 is 0. The van der Waals surface area contributed by atoms with Crippen LogP contribution in [0.1, 0.15) is 25.1 Å². The van der Waals surface area contributed by atoms with Gasteiger partial charge in [-0.25, -0.2) is 14.2 Å². The zero-order valence-corrected chi connectivity index (χ0v) is 16.1. The summed E-state index contributed by atoms with van der Waals surface area (Å²) < 4.78 is 15.1. The minimum absolute atomic E-state index is 0.0336. The molecule has 1 aliphatic heterocycles. The van der Waals surface area contributed by atoms with Gasteiger partial charge in [-0.3, -0.25) is 4.90 Å². The topological polar surface area (TPSA) is 53.4 Å². The summed E-state index contributed by atoms with van der Waals surface area (Å²) in [5.41, 5.74) is 2.11. The Balaban J connectivity index is 1.43. The molecular weight excluding hydrogens is 345 g/mol. The molecule has 1 aliphatic rings. The maximum absolute atomic E-state index is 13.0. The summed E-state index contributed by atoms with van der Waals surface area (Å²) in [5.74, 6) is 0.317. The van der Waals surface area contributed by atoms with Crippen molar-refractivity contribution in [2.45, 2.75) is 33.5 Å². The van der Waals surface area contributed by atoms with Crippen LogP contribution in [0.5, 0.6) is 0 Å². The molecule has 0 radical (unpaired) electrons. The van der Waals surface area contributed by atoms with Gasteiger partial charge < -0.3 is 14.8 Å². The molecule has 2 aromatic rings. The molecule has 1 saturated heterocycles. The van der Waals surface area contributed by atoms with Gasteiger partial charge in [0, 0.05) is 45.5 Å². The van der Waals surface area contributed by atoms with Crippen LogP contribution in [0.3, 0.4) is 0 Å². The van der Waals surface area contributed by atoms with Crippen molar-refractivity contribution in [1.82, 2.24) is 24.7 Å². The summed E-state index contributed by atoms with van der Waals surface area (Å²) in [6.45, 7) is 9.50. The number of amides is 2. The number of nitrogens with zero attached hydrogens (tertiary/aromatic N) is 4. The summed E-state index contributed by atoms with van der Waals surface area (Å²) in [5, 5.41) is 3.01. The van der Waals surface area contributed by atoms with E-state index in [0.29, 0.717) is 25.6 Å². The second-order valence-corrected chi connectivity index (χ2v) is 7.48. The Morgan fingerprint density at radius 3 is 2.56 bits per heavy atom. The Morgan fingerprint density at radius 1 is 1.19 bits per heavy atom. The Hall–Kier alpha value is -2.41. The van der Waals surface area contributed by atoms with Gasteiger partial charge in [-0.1, -0.05) is 26.0 Å². The fourth-order valence-corrected chi connectivity index (χ4v) is 3.29. The highest BCUT2D eigenvalue weighted by molar-refractivity contribution is 5.74. The minimum Gasteiger partial charge on any atom is -0.333 e. The van der Waals surface area contributed by atoms with E-state index in [4.69, 9.17) is 0 Å². The second kappa shape index (κ2) is 8.99. The Bertz CT molecular complexity index is 735. The minimum atomic E-state index is -0.213. The number of piperazine rings is 1. The van der Waals surface area contributed by atoms with Crippen LogP contribution >= 0.6 is 0 Å². The van der Waals surface area contributed by atoms with Crippen LogP contribution in [-0.2, 0) is 19.6 Å². The molecule has 27 heavy (non-hydrogen) atoms. The maximum atomic E-state index is 13.0. The van der Waals surface area contributed by atoms with Gasteiger partial charge in [-0.15, -0.1) is 0 Å². The first kappa shape index (κ1) is 19.4. The molecule has 7 heteroatoms. The first-order valence-corrected chi connectivity index (χ1v) is 9.50. The molecule has 0 aliphatic carbocycles. The van der Waals surface area contributed by atoms with Gasteiger partial charge in [-0.2, -0.15) is 0 Å². The first-order chi connectivity index (χ1) is 13.0. The Kier molecular flexibility index (Phi) is 6.45. The fraction of sp³-hybridized carbons (Fsp3) is 0.500. The van der Waals surface area contributed by atoms with Crippen molar-refractivity contribution in [2.75, 3.05) is 26.2 Å². The lowest BCUT2D eigenvalue weighted by molar-refractivity contribution is 0.135. The van der Waals surface area contributed by atoms with E-state index in [0.717, 1.165) is 37.4 Å². The molecule has 2 heterocycles. The number of hydrogen-bond donors (Lipinski definition) is 1. The standard InChI is InChI=1S/C20H28FN5O/c1-16(2)13-26-15-22-11-19(26)12-23-20(27)25-9-7-24(8-10-25)14-17-3-5-18(21)6-4-17/h3-6,11,15-16H,7-10,12-14H2,1-2H3,(H,23,27). The molecule has 1 aromatic heterocycles. The molecule has 3 rings (SSSR count). The first-order valence-electron chi connectivity index (χ1n) is 9.50. The number of rotatable bonds is 6. The van der Waals surface area contributed by atoms with Gasteiger partial charge in [0.15, 0.2) is 0 Å². The van der Waals surface area contributed by atoms with Crippen molar-refractivity contribution in [1.29, 1.82) is 0 Å². The molecule has 2 amide bonds. The monoisotopic (exact) mass is 373 g/mol. The SMILES string of the molecule is CC(C)Cn1cncc1CNC(=O)N1CCN(Cc2ccc(F)cc2)CC1. The highest BCUT2D eigenvalue weighted by Gasteiger charge is 2.21. The summed E-state index contributed by atoms with van der Waals surface area (Å²) in [4.78, 5) is 20.8. The third-order valence-corrected chi connectivity index (χ3v) is 4.76. The van der Waals surface area contributed by atoms with Crippen LogP contribution in [0.2, 0.25) is 0 Å².